The molecule has 6 heteroatoms. The SMILES string of the molecule is CCNC(=NCC(C)c1ccsc1)N1CCN(c2ccccc2O)CC1. The Labute approximate surface area is 160 Å². The van der Waals surface area contributed by atoms with Crippen LogP contribution in [-0.4, -0.2) is 55.2 Å². The van der Waals surface area contributed by atoms with Crippen LogP contribution in [0.1, 0.15) is 25.3 Å². The van der Waals surface area contributed by atoms with Crippen molar-refractivity contribution in [2.45, 2.75) is 19.8 Å². The first-order chi connectivity index (χ1) is 12.7. The number of nitrogens with one attached hydrogen (secondary N) is 1. The van der Waals surface area contributed by atoms with Crippen LogP contribution in [-0.2, 0) is 0 Å². The summed E-state index contributed by atoms with van der Waals surface area (Å²) in [5.74, 6) is 1.77. The van der Waals surface area contributed by atoms with E-state index in [1.54, 1.807) is 17.4 Å². The van der Waals surface area contributed by atoms with Crippen molar-refractivity contribution in [2.24, 2.45) is 4.99 Å². The average molecular weight is 373 g/mol. The van der Waals surface area contributed by atoms with E-state index < -0.39 is 0 Å². The van der Waals surface area contributed by atoms with Gasteiger partial charge in [-0.15, -0.1) is 0 Å². The Bertz CT molecular complexity index is 708. The summed E-state index contributed by atoms with van der Waals surface area (Å²) in [5.41, 5.74) is 2.28. The zero-order valence-electron chi connectivity index (χ0n) is 15.6. The number of guanidine groups is 1. The monoisotopic (exact) mass is 372 g/mol. The number of hydrogen-bond acceptors (Lipinski definition) is 4. The van der Waals surface area contributed by atoms with Gasteiger partial charge in [0.15, 0.2) is 5.96 Å². The lowest BCUT2D eigenvalue weighted by atomic mass is 10.1. The van der Waals surface area contributed by atoms with Crippen LogP contribution in [0.5, 0.6) is 5.75 Å². The van der Waals surface area contributed by atoms with Crippen LogP contribution < -0.4 is 10.2 Å². The molecule has 1 aliphatic rings. The molecule has 1 saturated heterocycles. The van der Waals surface area contributed by atoms with Crippen LogP contribution in [0.4, 0.5) is 5.69 Å². The molecular formula is C20H28N4OS. The van der Waals surface area contributed by atoms with Gasteiger partial charge in [0.05, 0.1) is 5.69 Å². The molecule has 0 aliphatic carbocycles. The first-order valence-electron chi connectivity index (χ1n) is 9.27. The molecule has 2 N–H and O–H groups in total. The number of benzene rings is 1. The van der Waals surface area contributed by atoms with Crippen molar-refractivity contribution in [3.8, 4) is 5.75 Å². The molecule has 2 heterocycles. The van der Waals surface area contributed by atoms with Gasteiger partial charge in [0, 0.05) is 45.2 Å². The van der Waals surface area contributed by atoms with Crippen LogP contribution in [0.2, 0.25) is 0 Å². The van der Waals surface area contributed by atoms with E-state index in [1.807, 2.05) is 18.2 Å². The van der Waals surface area contributed by atoms with Crippen molar-refractivity contribution < 1.29 is 5.11 Å². The van der Waals surface area contributed by atoms with Crippen molar-refractivity contribution in [1.29, 1.82) is 0 Å². The molecule has 0 amide bonds. The van der Waals surface area contributed by atoms with Crippen LogP contribution in [0.15, 0.2) is 46.1 Å². The quantitative estimate of drug-likeness (QED) is 0.624. The lowest BCUT2D eigenvalue weighted by Gasteiger charge is -2.38. The van der Waals surface area contributed by atoms with Crippen molar-refractivity contribution >= 4 is 23.0 Å². The zero-order valence-corrected chi connectivity index (χ0v) is 16.4. The highest BCUT2D eigenvalue weighted by Crippen LogP contribution is 2.27. The summed E-state index contributed by atoms with van der Waals surface area (Å²) in [6.45, 7) is 9.54. The Kier molecular flexibility index (Phi) is 6.39. The smallest absolute Gasteiger partial charge is 0.194 e. The van der Waals surface area contributed by atoms with Crippen molar-refractivity contribution in [2.75, 3.05) is 44.2 Å². The third-order valence-corrected chi connectivity index (χ3v) is 5.47. The second kappa shape index (κ2) is 8.94. The van der Waals surface area contributed by atoms with E-state index in [-0.39, 0.29) is 0 Å². The number of para-hydroxylation sites is 2. The topological polar surface area (TPSA) is 51.1 Å². The lowest BCUT2D eigenvalue weighted by Crippen LogP contribution is -2.52. The molecule has 1 fully saturated rings. The zero-order chi connectivity index (χ0) is 18.4. The minimum Gasteiger partial charge on any atom is -0.506 e. The van der Waals surface area contributed by atoms with Gasteiger partial charge in [-0.1, -0.05) is 19.1 Å². The van der Waals surface area contributed by atoms with Crippen LogP contribution in [0, 0.1) is 0 Å². The summed E-state index contributed by atoms with van der Waals surface area (Å²) >= 11 is 1.74. The van der Waals surface area contributed by atoms with Crippen LogP contribution in [0.3, 0.4) is 0 Å². The number of aliphatic imine (C=N–C) groups is 1. The highest BCUT2D eigenvalue weighted by atomic mass is 32.1. The number of phenols is 1. The fourth-order valence-corrected chi connectivity index (χ4v) is 3.98. The maximum absolute atomic E-state index is 10.1. The highest BCUT2D eigenvalue weighted by molar-refractivity contribution is 7.07. The Morgan fingerprint density at radius 1 is 1.23 bits per heavy atom. The minimum absolute atomic E-state index is 0.353. The van der Waals surface area contributed by atoms with Gasteiger partial charge in [-0.05, 0) is 41.4 Å². The molecule has 140 valence electrons. The predicted molar refractivity (Wildman–Crippen MR) is 111 cm³/mol. The van der Waals surface area contributed by atoms with E-state index >= 15 is 0 Å². The Hall–Kier alpha value is -2.21. The van der Waals surface area contributed by atoms with Gasteiger partial charge in [0.2, 0.25) is 0 Å². The molecule has 0 bridgehead atoms. The van der Waals surface area contributed by atoms with E-state index in [9.17, 15) is 5.11 Å². The van der Waals surface area contributed by atoms with Gasteiger partial charge in [0.25, 0.3) is 0 Å². The standard InChI is InChI=1S/C20H28N4OS/c1-3-21-20(22-14-16(2)17-8-13-26-15-17)24-11-9-23(10-12-24)18-6-4-5-7-19(18)25/h4-8,13,15-16,25H,3,9-12,14H2,1-2H3,(H,21,22). The Balaban J connectivity index is 1.61. The molecule has 0 spiro atoms. The first-order valence-corrected chi connectivity index (χ1v) is 10.2. The second-order valence-electron chi connectivity index (χ2n) is 6.62. The molecule has 0 radical (unpaired) electrons. The summed E-state index contributed by atoms with van der Waals surface area (Å²) in [5, 5.41) is 17.8. The molecule has 1 aromatic carbocycles. The number of rotatable bonds is 5. The molecule has 3 rings (SSSR count). The van der Waals surface area contributed by atoms with Gasteiger partial charge < -0.3 is 20.2 Å². The predicted octanol–water partition coefficient (Wildman–Crippen LogP) is 3.34. The first kappa shape index (κ1) is 18.6. The number of piperazine rings is 1. The highest BCUT2D eigenvalue weighted by Gasteiger charge is 2.21. The fraction of sp³-hybridized carbons (Fsp3) is 0.450. The maximum atomic E-state index is 10.1. The van der Waals surface area contributed by atoms with E-state index in [1.165, 1.54) is 5.56 Å². The molecule has 0 saturated carbocycles. The van der Waals surface area contributed by atoms with Crippen molar-refractivity contribution in [3.63, 3.8) is 0 Å². The molecule has 1 unspecified atom stereocenters. The van der Waals surface area contributed by atoms with E-state index in [4.69, 9.17) is 4.99 Å². The van der Waals surface area contributed by atoms with E-state index in [2.05, 4.69) is 45.8 Å². The number of thiophene rings is 1. The van der Waals surface area contributed by atoms with E-state index in [0.717, 1.165) is 50.9 Å². The number of anilines is 1. The molecule has 1 aromatic heterocycles. The summed E-state index contributed by atoms with van der Waals surface area (Å²) in [4.78, 5) is 9.44. The summed E-state index contributed by atoms with van der Waals surface area (Å²) in [6, 6.07) is 9.74. The molecule has 5 nitrogen and oxygen atoms in total. The van der Waals surface area contributed by atoms with Gasteiger partial charge in [-0.25, -0.2) is 0 Å². The Morgan fingerprint density at radius 3 is 2.65 bits per heavy atom. The molecule has 2 aromatic rings. The minimum atomic E-state index is 0.353. The summed E-state index contributed by atoms with van der Waals surface area (Å²) < 4.78 is 0. The third kappa shape index (κ3) is 4.49. The third-order valence-electron chi connectivity index (χ3n) is 4.76. The number of phenolic OH excluding ortho intramolecular Hbond substituents is 1. The average Bonchev–Trinajstić information content (AvgIpc) is 3.20. The maximum Gasteiger partial charge on any atom is 0.194 e. The largest absolute Gasteiger partial charge is 0.506 e. The molecule has 1 aliphatic heterocycles. The van der Waals surface area contributed by atoms with E-state index in [0.29, 0.717) is 11.7 Å². The second-order valence-corrected chi connectivity index (χ2v) is 7.40. The van der Waals surface area contributed by atoms with Gasteiger partial charge in [0.1, 0.15) is 5.75 Å². The van der Waals surface area contributed by atoms with Crippen molar-refractivity contribution in [3.05, 3.63) is 46.7 Å². The normalized spacial score (nSPS) is 16.6. The summed E-state index contributed by atoms with van der Waals surface area (Å²) in [6.07, 6.45) is 0. The van der Waals surface area contributed by atoms with Gasteiger partial charge in [-0.3, -0.25) is 4.99 Å². The van der Waals surface area contributed by atoms with Crippen LogP contribution >= 0.6 is 11.3 Å². The van der Waals surface area contributed by atoms with Crippen molar-refractivity contribution in [1.82, 2.24) is 10.2 Å². The molecular weight excluding hydrogens is 344 g/mol. The molecule has 26 heavy (non-hydrogen) atoms. The number of nitrogens with zero attached hydrogens (tertiary/aromatic N) is 3. The molecule has 1 atom stereocenters. The Morgan fingerprint density at radius 2 is 2.00 bits per heavy atom. The lowest BCUT2D eigenvalue weighted by molar-refractivity contribution is 0.369. The fourth-order valence-electron chi connectivity index (χ4n) is 3.20. The number of hydrogen-bond donors (Lipinski definition) is 2. The van der Waals surface area contributed by atoms with Gasteiger partial charge >= 0.3 is 0 Å². The number of aromatic hydroxyl groups is 1. The summed E-state index contributed by atoms with van der Waals surface area (Å²) in [7, 11) is 0. The van der Waals surface area contributed by atoms with Gasteiger partial charge in [-0.2, -0.15) is 11.3 Å². The van der Waals surface area contributed by atoms with Crippen LogP contribution in [0.25, 0.3) is 0 Å².